The number of thioether (sulfide) groups is 1. The largest absolute Gasteiger partial charge is 0.302 e. The summed E-state index contributed by atoms with van der Waals surface area (Å²) in [6.07, 6.45) is 2.86. The number of thiazole rings is 1. The van der Waals surface area contributed by atoms with E-state index in [0.717, 1.165) is 15.1 Å². The number of hydrogen-bond donors (Lipinski definition) is 1. The van der Waals surface area contributed by atoms with Crippen molar-refractivity contribution in [3.8, 4) is 0 Å². The second-order valence-electron chi connectivity index (χ2n) is 8.22. The summed E-state index contributed by atoms with van der Waals surface area (Å²) in [6.45, 7) is 4.97. The second-order valence-corrected chi connectivity index (χ2v) is 12.0. The Morgan fingerprint density at radius 2 is 1.91 bits per heavy atom. The Morgan fingerprint density at radius 3 is 2.59 bits per heavy atom. The van der Waals surface area contributed by atoms with Crippen molar-refractivity contribution >= 4 is 54.4 Å². The molecule has 0 radical (unpaired) electrons. The number of nitrogens with one attached hydrogen (secondary N) is 1. The molecule has 0 bridgehead atoms. The molecule has 1 aliphatic rings. The number of carbonyl (C=O) groups excluding carboxylic acids is 1. The van der Waals surface area contributed by atoms with Crippen molar-refractivity contribution in [1.29, 1.82) is 0 Å². The molecule has 0 atom stereocenters. The molecule has 1 amide bonds. The molecule has 0 aliphatic carbocycles. The first kappa shape index (κ1) is 23.2. The Hall–Kier alpha value is -1.94. The van der Waals surface area contributed by atoms with Crippen LogP contribution in [0.25, 0.3) is 10.2 Å². The van der Waals surface area contributed by atoms with Crippen LogP contribution in [0.5, 0.6) is 0 Å². The van der Waals surface area contributed by atoms with E-state index in [2.05, 4.69) is 36.3 Å². The summed E-state index contributed by atoms with van der Waals surface area (Å²) in [5.41, 5.74) is 2.12. The summed E-state index contributed by atoms with van der Waals surface area (Å²) < 4.78 is 28.8. The predicted octanol–water partition coefficient (Wildman–Crippen LogP) is 5.18. The van der Waals surface area contributed by atoms with Crippen LogP contribution < -0.4 is 5.32 Å². The van der Waals surface area contributed by atoms with Gasteiger partial charge in [0.15, 0.2) is 5.13 Å². The lowest BCUT2D eigenvalue weighted by Gasteiger charge is -2.30. The predicted molar refractivity (Wildman–Crippen MR) is 132 cm³/mol. The average Bonchev–Trinajstić information content (AvgIpc) is 3.20. The van der Waals surface area contributed by atoms with Crippen LogP contribution in [0.2, 0.25) is 0 Å². The number of nitrogens with zero attached hydrogens (tertiary/aromatic N) is 2. The molecule has 32 heavy (non-hydrogen) atoms. The van der Waals surface area contributed by atoms with Gasteiger partial charge in [0.25, 0.3) is 0 Å². The monoisotopic (exact) mass is 489 g/mol. The molecule has 6 nitrogen and oxygen atoms in total. The molecule has 0 spiro atoms. The van der Waals surface area contributed by atoms with Gasteiger partial charge >= 0.3 is 0 Å². The maximum Gasteiger partial charge on any atom is 0.244 e. The highest BCUT2D eigenvalue weighted by Gasteiger charge is 2.33. The van der Waals surface area contributed by atoms with E-state index in [0.29, 0.717) is 41.9 Å². The zero-order valence-corrected chi connectivity index (χ0v) is 20.8. The number of fused-ring (bicyclic) bond motifs is 1. The van der Waals surface area contributed by atoms with Crippen LogP contribution in [0.3, 0.4) is 0 Å². The van der Waals surface area contributed by atoms with Gasteiger partial charge in [-0.25, -0.2) is 13.4 Å². The molecule has 1 N–H and O–H groups in total. The van der Waals surface area contributed by atoms with Crippen LogP contribution >= 0.6 is 23.1 Å². The minimum absolute atomic E-state index is 0.0882. The van der Waals surface area contributed by atoms with Crippen LogP contribution in [0.4, 0.5) is 5.13 Å². The number of piperidine rings is 1. The van der Waals surface area contributed by atoms with Gasteiger partial charge in [-0.3, -0.25) is 4.79 Å². The summed E-state index contributed by atoms with van der Waals surface area (Å²) >= 11 is 2.90. The molecule has 4 rings (SSSR count). The molecular formula is C23H27N3O3S3. The van der Waals surface area contributed by atoms with E-state index in [1.807, 2.05) is 24.5 Å². The lowest BCUT2D eigenvalue weighted by Crippen LogP contribution is -2.41. The van der Waals surface area contributed by atoms with E-state index < -0.39 is 10.0 Å². The fraction of sp³-hybridized carbons (Fsp3) is 0.391. The third kappa shape index (κ3) is 4.71. The van der Waals surface area contributed by atoms with Crippen LogP contribution in [-0.4, -0.2) is 43.0 Å². The lowest BCUT2D eigenvalue weighted by atomic mass is 9.97. The number of anilines is 1. The third-order valence-electron chi connectivity index (χ3n) is 5.82. The minimum Gasteiger partial charge on any atom is -0.302 e. The van der Waals surface area contributed by atoms with E-state index in [4.69, 9.17) is 0 Å². The Morgan fingerprint density at radius 1 is 1.19 bits per heavy atom. The van der Waals surface area contributed by atoms with Gasteiger partial charge in [-0.1, -0.05) is 43.4 Å². The van der Waals surface area contributed by atoms with Crippen molar-refractivity contribution in [2.24, 2.45) is 5.92 Å². The smallest absolute Gasteiger partial charge is 0.244 e. The first-order chi connectivity index (χ1) is 15.3. The van der Waals surface area contributed by atoms with Crippen LogP contribution in [0.1, 0.15) is 38.2 Å². The number of carbonyl (C=O) groups is 1. The molecule has 1 fully saturated rings. The molecule has 2 heterocycles. The van der Waals surface area contributed by atoms with Crippen LogP contribution in [0.15, 0.2) is 52.3 Å². The summed E-state index contributed by atoms with van der Waals surface area (Å²) in [4.78, 5) is 18.4. The van der Waals surface area contributed by atoms with Gasteiger partial charge in [0.2, 0.25) is 15.9 Å². The third-order valence-corrected chi connectivity index (χ3v) is 9.64. The molecule has 0 saturated carbocycles. The highest BCUT2D eigenvalue weighted by atomic mass is 32.2. The van der Waals surface area contributed by atoms with Crippen LogP contribution in [-0.2, 0) is 14.8 Å². The number of hydrogen-bond acceptors (Lipinski definition) is 6. The second kappa shape index (κ2) is 9.51. The van der Waals surface area contributed by atoms with Crippen molar-refractivity contribution in [3.05, 3.63) is 48.0 Å². The molecule has 2 aromatic carbocycles. The number of amides is 1. The Kier molecular flexibility index (Phi) is 6.90. The molecule has 1 aromatic heterocycles. The molecule has 3 aromatic rings. The zero-order chi connectivity index (χ0) is 22.9. The first-order valence-electron chi connectivity index (χ1n) is 10.6. The van der Waals surface area contributed by atoms with E-state index in [-0.39, 0.29) is 11.8 Å². The fourth-order valence-corrected chi connectivity index (χ4v) is 7.40. The molecule has 9 heteroatoms. The van der Waals surface area contributed by atoms with Gasteiger partial charge in [-0.05, 0) is 54.8 Å². The first-order valence-corrected chi connectivity index (χ1v) is 14.1. The van der Waals surface area contributed by atoms with Gasteiger partial charge in [0, 0.05) is 23.9 Å². The Labute approximate surface area is 197 Å². The van der Waals surface area contributed by atoms with E-state index >= 15 is 0 Å². The number of aromatic nitrogens is 1. The standard InChI is InChI=1S/C23H27N3O3S3/c1-15(2)17-8-9-18-20(14-17)31-23(24-18)25-22(27)16-10-12-26(13-11-16)32(28,29)21-7-5-4-6-19(21)30-3/h4-9,14-16H,10-13H2,1-3H3,(H,24,25,27). The number of rotatable bonds is 6. The fourth-order valence-electron chi connectivity index (χ4n) is 3.89. The summed E-state index contributed by atoms with van der Waals surface area (Å²) in [5.74, 6) is 0.120. The van der Waals surface area contributed by atoms with Gasteiger partial charge in [-0.15, -0.1) is 11.8 Å². The molecule has 1 aliphatic heterocycles. The minimum atomic E-state index is -3.57. The van der Waals surface area contributed by atoms with Gasteiger partial charge < -0.3 is 5.32 Å². The van der Waals surface area contributed by atoms with Crippen molar-refractivity contribution in [2.75, 3.05) is 24.7 Å². The normalized spacial score (nSPS) is 16.0. The summed E-state index contributed by atoms with van der Waals surface area (Å²) in [6, 6.07) is 13.2. The quantitative estimate of drug-likeness (QED) is 0.483. The number of benzene rings is 2. The van der Waals surface area contributed by atoms with Gasteiger partial charge in [0.1, 0.15) is 0 Å². The highest BCUT2D eigenvalue weighted by molar-refractivity contribution is 7.99. The average molecular weight is 490 g/mol. The molecular weight excluding hydrogens is 462 g/mol. The Bertz CT molecular complexity index is 1230. The van der Waals surface area contributed by atoms with Crippen molar-refractivity contribution in [1.82, 2.24) is 9.29 Å². The highest BCUT2D eigenvalue weighted by Crippen LogP contribution is 2.32. The lowest BCUT2D eigenvalue weighted by molar-refractivity contribution is -0.120. The molecule has 0 unspecified atom stereocenters. The van der Waals surface area contributed by atoms with Crippen molar-refractivity contribution in [2.45, 2.75) is 42.4 Å². The molecule has 1 saturated heterocycles. The summed E-state index contributed by atoms with van der Waals surface area (Å²) in [5, 5.41) is 3.54. The zero-order valence-electron chi connectivity index (χ0n) is 18.4. The van der Waals surface area contributed by atoms with Crippen molar-refractivity contribution in [3.63, 3.8) is 0 Å². The van der Waals surface area contributed by atoms with E-state index in [1.165, 1.54) is 33.0 Å². The maximum atomic E-state index is 13.1. The Balaban J connectivity index is 1.41. The van der Waals surface area contributed by atoms with Crippen LogP contribution in [0, 0.1) is 5.92 Å². The van der Waals surface area contributed by atoms with Gasteiger partial charge in [-0.2, -0.15) is 4.31 Å². The van der Waals surface area contributed by atoms with Gasteiger partial charge in [0.05, 0.1) is 15.1 Å². The number of sulfonamides is 1. The SMILES string of the molecule is CSc1ccccc1S(=O)(=O)N1CCC(C(=O)Nc2nc3ccc(C(C)C)cc3s2)CC1. The molecule has 170 valence electrons. The topological polar surface area (TPSA) is 79.4 Å². The van der Waals surface area contributed by atoms with E-state index in [1.54, 1.807) is 12.1 Å². The van der Waals surface area contributed by atoms with Crippen molar-refractivity contribution < 1.29 is 13.2 Å². The van der Waals surface area contributed by atoms with E-state index in [9.17, 15) is 13.2 Å². The maximum absolute atomic E-state index is 13.1. The summed E-state index contributed by atoms with van der Waals surface area (Å²) in [7, 11) is -3.57.